The standard InChI is InChI=1S/C25H23ClN6O3/c1-13-10-28-18(14(2)20(13)35-3)12-31-11-15(19-21(26)29-25(27)30-22(19)31)8-9-32-23(33)16-6-4-5-7-17(16)24(32)34/h4-7,10-11H,8-9,12H2,1-3H3,(H2,27,29,30). The van der Waals surface area contributed by atoms with Crippen LogP contribution in [-0.4, -0.2) is 49.9 Å². The Labute approximate surface area is 206 Å². The predicted molar refractivity (Wildman–Crippen MR) is 132 cm³/mol. The van der Waals surface area contributed by atoms with E-state index in [-0.39, 0.29) is 29.5 Å². The van der Waals surface area contributed by atoms with Gasteiger partial charge in [-0.25, -0.2) is 4.98 Å². The third kappa shape index (κ3) is 3.77. The number of ether oxygens (including phenoxy) is 1. The minimum atomic E-state index is -0.299. The minimum absolute atomic E-state index is 0.0555. The van der Waals surface area contributed by atoms with Gasteiger partial charge in [-0.3, -0.25) is 19.5 Å². The van der Waals surface area contributed by atoms with Crippen molar-refractivity contribution in [1.82, 2.24) is 24.4 Å². The van der Waals surface area contributed by atoms with Gasteiger partial charge in [-0.1, -0.05) is 23.7 Å². The van der Waals surface area contributed by atoms with Crippen LogP contribution in [0.1, 0.15) is 43.1 Å². The molecule has 0 fully saturated rings. The van der Waals surface area contributed by atoms with Gasteiger partial charge in [0.25, 0.3) is 11.8 Å². The monoisotopic (exact) mass is 490 g/mol. The number of pyridine rings is 1. The van der Waals surface area contributed by atoms with Crippen LogP contribution in [0.2, 0.25) is 5.15 Å². The molecule has 0 saturated carbocycles. The van der Waals surface area contributed by atoms with E-state index in [1.165, 1.54) is 4.90 Å². The van der Waals surface area contributed by atoms with Crippen LogP contribution in [0.3, 0.4) is 0 Å². The van der Waals surface area contributed by atoms with Crippen LogP contribution in [-0.2, 0) is 13.0 Å². The molecule has 3 aromatic heterocycles. The molecular formula is C25H23ClN6O3. The molecule has 1 aliphatic rings. The zero-order chi connectivity index (χ0) is 24.9. The quantitative estimate of drug-likeness (QED) is 0.324. The number of carbonyl (C=O) groups is 2. The first kappa shape index (κ1) is 22.8. The van der Waals surface area contributed by atoms with E-state index in [9.17, 15) is 9.59 Å². The number of aromatic nitrogens is 4. The first-order chi connectivity index (χ1) is 16.8. The number of halogens is 1. The van der Waals surface area contributed by atoms with E-state index in [0.717, 1.165) is 28.1 Å². The fraction of sp³-hybridized carbons (Fsp3) is 0.240. The van der Waals surface area contributed by atoms with E-state index in [2.05, 4.69) is 15.0 Å². The maximum Gasteiger partial charge on any atom is 0.261 e. The highest BCUT2D eigenvalue weighted by atomic mass is 35.5. The van der Waals surface area contributed by atoms with Crippen LogP contribution in [0.5, 0.6) is 5.75 Å². The molecule has 5 rings (SSSR count). The normalized spacial score (nSPS) is 13.1. The fourth-order valence-corrected chi connectivity index (χ4v) is 4.90. The number of nitrogens with two attached hydrogens (primary N) is 1. The maximum absolute atomic E-state index is 12.8. The summed E-state index contributed by atoms with van der Waals surface area (Å²) in [6, 6.07) is 6.83. The van der Waals surface area contributed by atoms with E-state index in [1.807, 2.05) is 24.6 Å². The number of imide groups is 1. The van der Waals surface area contributed by atoms with Crippen molar-refractivity contribution < 1.29 is 14.3 Å². The van der Waals surface area contributed by atoms with Crippen molar-refractivity contribution in [2.24, 2.45) is 0 Å². The van der Waals surface area contributed by atoms with Gasteiger partial charge in [0.05, 0.1) is 35.9 Å². The number of benzene rings is 1. The Kier molecular flexibility index (Phi) is 5.64. The Hall–Kier alpha value is -3.98. The van der Waals surface area contributed by atoms with Crippen molar-refractivity contribution in [2.45, 2.75) is 26.8 Å². The van der Waals surface area contributed by atoms with Gasteiger partial charge in [0, 0.05) is 30.1 Å². The lowest BCUT2D eigenvalue weighted by Crippen LogP contribution is -2.31. The molecule has 10 heteroatoms. The fourth-order valence-electron chi connectivity index (χ4n) is 4.61. The van der Waals surface area contributed by atoms with Crippen LogP contribution in [0.25, 0.3) is 11.0 Å². The van der Waals surface area contributed by atoms with Crippen LogP contribution in [0, 0.1) is 13.8 Å². The Bertz CT molecular complexity index is 1480. The van der Waals surface area contributed by atoms with E-state index in [4.69, 9.17) is 22.1 Å². The molecule has 0 atom stereocenters. The number of nitrogens with zero attached hydrogens (tertiary/aromatic N) is 5. The van der Waals surface area contributed by atoms with Crippen LogP contribution in [0.15, 0.2) is 36.7 Å². The Balaban J connectivity index is 1.50. The predicted octanol–water partition coefficient (Wildman–Crippen LogP) is 3.57. The number of hydrogen-bond donors (Lipinski definition) is 1. The molecule has 4 heterocycles. The lowest BCUT2D eigenvalue weighted by molar-refractivity contribution is 0.0656. The first-order valence-electron chi connectivity index (χ1n) is 11.0. The number of anilines is 1. The molecule has 178 valence electrons. The molecule has 9 nitrogen and oxygen atoms in total. The highest BCUT2D eigenvalue weighted by Gasteiger charge is 2.35. The summed E-state index contributed by atoms with van der Waals surface area (Å²) in [5.41, 5.74) is 10.8. The lowest BCUT2D eigenvalue weighted by atomic mass is 10.1. The van der Waals surface area contributed by atoms with Crippen molar-refractivity contribution in [3.8, 4) is 5.75 Å². The second kappa shape index (κ2) is 8.66. The van der Waals surface area contributed by atoms with Crippen molar-refractivity contribution >= 4 is 40.4 Å². The van der Waals surface area contributed by atoms with Gasteiger partial charge in [-0.2, -0.15) is 4.98 Å². The number of hydrogen-bond acceptors (Lipinski definition) is 7. The lowest BCUT2D eigenvalue weighted by Gasteiger charge is -2.13. The number of carbonyl (C=O) groups excluding carboxylic acids is 2. The average Bonchev–Trinajstić information content (AvgIpc) is 3.29. The van der Waals surface area contributed by atoms with E-state index >= 15 is 0 Å². The Morgan fingerprint density at radius 2 is 1.77 bits per heavy atom. The SMILES string of the molecule is COc1c(C)cnc(Cn2cc(CCN3C(=O)c4ccccc4C3=O)c3c(Cl)nc(N)nc32)c1C. The third-order valence-electron chi connectivity index (χ3n) is 6.32. The van der Waals surface area contributed by atoms with Gasteiger partial charge in [-0.05, 0) is 38.0 Å². The number of aryl methyl sites for hydroxylation is 1. The van der Waals surface area contributed by atoms with Gasteiger partial charge >= 0.3 is 0 Å². The van der Waals surface area contributed by atoms with Crippen molar-refractivity contribution in [2.75, 3.05) is 19.4 Å². The Morgan fingerprint density at radius 3 is 2.43 bits per heavy atom. The van der Waals surface area contributed by atoms with E-state index in [1.54, 1.807) is 37.6 Å². The van der Waals surface area contributed by atoms with Crippen molar-refractivity contribution in [3.63, 3.8) is 0 Å². The molecule has 35 heavy (non-hydrogen) atoms. The summed E-state index contributed by atoms with van der Waals surface area (Å²) in [7, 11) is 1.63. The van der Waals surface area contributed by atoms with Gasteiger partial charge in [0.1, 0.15) is 16.5 Å². The molecule has 0 radical (unpaired) electrons. The van der Waals surface area contributed by atoms with Crippen molar-refractivity contribution in [3.05, 3.63) is 75.3 Å². The summed E-state index contributed by atoms with van der Waals surface area (Å²) >= 11 is 6.48. The molecule has 2 N–H and O–H groups in total. The minimum Gasteiger partial charge on any atom is -0.496 e. The largest absolute Gasteiger partial charge is 0.496 e. The van der Waals surface area contributed by atoms with E-state index < -0.39 is 0 Å². The number of fused-ring (bicyclic) bond motifs is 2. The molecule has 0 saturated heterocycles. The molecular weight excluding hydrogens is 468 g/mol. The summed E-state index contributed by atoms with van der Waals surface area (Å²) in [5, 5.41) is 0.851. The average molecular weight is 491 g/mol. The van der Waals surface area contributed by atoms with Crippen LogP contribution < -0.4 is 10.5 Å². The molecule has 2 amide bonds. The van der Waals surface area contributed by atoms with E-state index in [0.29, 0.717) is 35.1 Å². The molecule has 0 aliphatic carbocycles. The zero-order valence-electron chi connectivity index (χ0n) is 19.5. The number of methoxy groups -OCH3 is 1. The summed E-state index contributed by atoms with van der Waals surface area (Å²) in [4.78, 5) is 40.0. The maximum atomic E-state index is 12.8. The Morgan fingerprint density at radius 1 is 1.09 bits per heavy atom. The molecule has 1 aromatic carbocycles. The molecule has 1 aliphatic heterocycles. The van der Waals surface area contributed by atoms with Gasteiger partial charge in [0.2, 0.25) is 5.95 Å². The number of amides is 2. The molecule has 0 spiro atoms. The zero-order valence-corrected chi connectivity index (χ0v) is 20.3. The third-order valence-corrected chi connectivity index (χ3v) is 6.59. The molecule has 0 unspecified atom stereocenters. The number of rotatable bonds is 6. The molecule has 4 aromatic rings. The van der Waals surface area contributed by atoms with Crippen LogP contribution in [0.4, 0.5) is 5.95 Å². The smallest absolute Gasteiger partial charge is 0.261 e. The van der Waals surface area contributed by atoms with Crippen LogP contribution >= 0.6 is 11.6 Å². The van der Waals surface area contributed by atoms with Gasteiger partial charge < -0.3 is 15.0 Å². The highest BCUT2D eigenvalue weighted by molar-refractivity contribution is 6.34. The second-order valence-corrected chi connectivity index (χ2v) is 8.82. The summed E-state index contributed by atoms with van der Waals surface area (Å²) in [6.07, 6.45) is 4.05. The summed E-state index contributed by atoms with van der Waals surface area (Å²) in [6.45, 7) is 4.50. The topological polar surface area (TPSA) is 116 Å². The first-order valence-corrected chi connectivity index (χ1v) is 11.4. The second-order valence-electron chi connectivity index (χ2n) is 8.46. The van der Waals surface area contributed by atoms with Gasteiger partial charge in [-0.15, -0.1) is 0 Å². The summed E-state index contributed by atoms with van der Waals surface area (Å²) < 4.78 is 7.45. The highest BCUT2D eigenvalue weighted by Crippen LogP contribution is 2.31. The van der Waals surface area contributed by atoms with Gasteiger partial charge in [0.15, 0.2) is 0 Å². The van der Waals surface area contributed by atoms with Crippen molar-refractivity contribution in [1.29, 1.82) is 0 Å². The summed E-state index contributed by atoms with van der Waals surface area (Å²) in [5.74, 6) is 0.240. The number of nitrogen functional groups attached to an aromatic ring is 1. The molecule has 0 bridgehead atoms.